The minimum absolute atomic E-state index is 0. The zero-order valence-electron chi connectivity index (χ0n) is 22.7. The van der Waals surface area contributed by atoms with Crippen LogP contribution >= 0.6 is 0 Å². The van der Waals surface area contributed by atoms with E-state index in [2.05, 4.69) is 42.8 Å². The summed E-state index contributed by atoms with van der Waals surface area (Å²) < 4.78 is 9.17. The molecule has 0 aliphatic carbocycles. The molecule has 0 aliphatic rings. The summed E-state index contributed by atoms with van der Waals surface area (Å²) in [6, 6.07) is 40.1. The van der Waals surface area contributed by atoms with Crippen molar-refractivity contribution in [2.75, 3.05) is 0 Å². The van der Waals surface area contributed by atoms with Crippen LogP contribution < -0.4 is 5.19 Å². The molecule has 1 unspecified atom stereocenters. The molecule has 0 spiro atoms. The molecule has 3 aromatic carbocycles. The summed E-state index contributed by atoms with van der Waals surface area (Å²) in [5.41, 5.74) is 5.92. The molecule has 0 saturated heterocycles. The topological polar surface area (TPSA) is 25.8 Å². The fourth-order valence-corrected chi connectivity index (χ4v) is 5.50. The van der Waals surface area contributed by atoms with Gasteiger partial charge in [-0.05, 0) is 33.8 Å². The summed E-state index contributed by atoms with van der Waals surface area (Å²) >= 11 is 0. The first-order chi connectivity index (χ1) is 17.8. The Bertz CT molecular complexity index is 1370. The van der Waals surface area contributed by atoms with Gasteiger partial charge in [-0.1, -0.05) is 75.1 Å². The number of rotatable bonds is 5. The first-order valence-corrected chi connectivity index (χ1v) is 15.7. The van der Waals surface area contributed by atoms with Gasteiger partial charge in [0.1, 0.15) is 0 Å². The van der Waals surface area contributed by atoms with E-state index in [1.54, 1.807) is 6.20 Å². The van der Waals surface area contributed by atoms with E-state index < -0.39 is 14.0 Å². The number of pyridine rings is 2. The minimum atomic E-state index is -1.64. The van der Waals surface area contributed by atoms with Crippen LogP contribution in [0, 0.1) is 12.1 Å². The molecule has 189 valence electrons. The maximum absolute atomic E-state index is 9.17. The fraction of sp³-hybridized carbons (Fsp3) is 0.152. The number of hydrogen-bond acceptors (Lipinski definition) is 2. The van der Waals surface area contributed by atoms with Crippen LogP contribution in [0.15, 0.2) is 116 Å². The van der Waals surface area contributed by atoms with Crippen LogP contribution in [0.25, 0.3) is 22.5 Å². The Morgan fingerprint density at radius 3 is 1.86 bits per heavy atom. The summed E-state index contributed by atoms with van der Waals surface area (Å²) in [6.45, 7) is 8.91. The Hall–Kier alpha value is -3.17. The van der Waals surface area contributed by atoms with Crippen LogP contribution in [0.4, 0.5) is 0 Å². The Morgan fingerprint density at radius 2 is 1.32 bits per heavy atom. The van der Waals surface area contributed by atoms with Crippen molar-refractivity contribution in [3.8, 4) is 22.5 Å². The Balaban J connectivity index is 0.000000258. The molecule has 0 amide bonds. The number of aromatic nitrogens is 2. The van der Waals surface area contributed by atoms with E-state index in [1.165, 1.54) is 5.19 Å². The van der Waals surface area contributed by atoms with Gasteiger partial charge in [0.25, 0.3) is 0 Å². The first kappa shape index (κ1) is 26.9. The van der Waals surface area contributed by atoms with E-state index in [0.29, 0.717) is 0 Å². The summed E-state index contributed by atoms with van der Waals surface area (Å²) in [4.78, 5) is 8.92. The average molecular weight is 678 g/mol. The third-order valence-electron chi connectivity index (χ3n) is 5.96. The quantitative estimate of drug-likeness (QED) is 0.140. The number of hydrogen-bond donors (Lipinski definition) is 0. The maximum atomic E-state index is 9.17. The van der Waals surface area contributed by atoms with E-state index in [1.807, 2.05) is 110 Å². The summed E-state index contributed by atoms with van der Waals surface area (Å²) in [5.74, 6) is -0.816. The summed E-state index contributed by atoms with van der Waals surface area (Å²) in [7, 11) is -1.64. The second kappa shape index (κ2) is 13.4. The van der Waals surface area contributed by atoms with Gasteiger partial charge in [0.2, 0.25) is 0 Å². The van der Waals surface area contributed by atoms with E-state index in [-0.39, 0.29) is 20.1 Å². The Labute approximate surface area is 237 Å². The second-order valence-corrected chi connectivity index (χ2v) is 14.7. The van der Waals surface area contributed by atoms with Crippen LogP contribution in [-0.4, -0.2) is 18.0 Å². The molecular weight excluding hydrogens is 645 g/mol. The van der Waals surface area contributed by atoms with Gasteiger partial charge in [-0.3, -0.25) is 0 Å². The predicted octanol–water partition coefficient (Wildman–Crippen LogP) is 7.79. The van der Waals surface area contributed by atoms with Crippen molar-refractivity contribution in [3.05, 3.63) is 139 Å². The summed E-state index contributed by atoms with van der Waals surface area (Å²) in [5, 5.41) is 1.24. The van der Waals surface area contributed by atoms with Crippen molar-refractivity contribution in [3.63, 3.8) is 0 Å². The molecule has 5 aromatic rings. The zero-order chi connectivity index (χ0) is 26.3. The minimum Gasteiger partial charge on any atom is -0.305 e. The Kier molecular flexibility index (Phi) is 9.73. The second-order valence-electron chi connectivity index (χ2n) is 9.62. The molecular formula is C33H32IrN2Si-2. The van der Waals surface area contributed by atoms with Gasteiger partial charge < -0.3 is 9.97 Å². The van der Waals surface area contributed by atoms with Crippen LogP contribution in [-0.2, 0) is 20.1 Å². The van der Waals surface area contributed by atoms with Gasteiger partial charge in [-0.25, -0.2) is 0 Å². The smallest absolute Gasteiger partial charge is 0.0799 e. The number of benzene rings is 3. The molecule has 0 bridgehead atoms. The van der Waals surface area contributed by atoms with E-state index in [0.717, 1.165) is 33.6 Å². The van der Waals surface area contributed by atoms with Gasteiger partial charge in [-0.15, -0.1) is 71.8 Å². The standard InChI is InChI=1S/C22H24NSi.C11H8N.Ir/c1-17(18-11-7-5-8-12-18)20-15-21(19-13-9-6-10-14-19)23-16-22(20)24(2,3)4;1-2-6-10(7-3-1)11-8-4-5-9-12-11;/h5-13,15-17H,1-4H3;1-6,8-9H;/q2*-1;/i17D;;. The van der Waals surface area contributed by atoms with Crippen molar-refractivity contribution in [2.24, 2.45) is 0 Å². The van der Waals surface area contributed by atoms with Gasteiger partial charge in [0, 0.05) is 39.8 Å². The fourth-order valence-electron chi connectivity index (χ4n) is 3.98. The van der Waals surface area contributed by atoms with Crippen LogP contribution in [0.3, 0.4) is 0 Å². The molecule has 2 aromatic heterocycles. The maximum Gasteiger partial charge on any atom is 0.0799 e. The molecule has 0 fully saturated rings. The summed E-state index contributed by atoms with van der Waals surface area (Å²) in [6.07, 6.45) is 3.78. The molecule has 2 nitrogen and oxygen atoms in total. The molecule has 4 heteroatoms. The third kappa shape index (κ3) is 7.66. The normalized spacial score (nSPS) is 12.7. The van der Waals surface area contributed by atoms with Crippen molar-refractivity contribution in [1.82, 2.24) is 9.97 Å². The molecule has 0 N–H and O–H groups in total. The first-order valence-electron chi connectivity index (χ1n) is 12.7. The molecule has 37 heavy (non-hydrogen) atoms. The largest absolute Gasteiger partial charge is 0.305 e. The Morgan fingerprint density at radius 1 is 0.730 bits per heavy atom. The molecule has 2 heterocycles. The van der Waals surface area contributed by atoms with Gasteiger partial charge in [0.15, 0.2) is 0 Å². The van der Waals surface area contributed by atoms with E-state index in [4.69, 9.17) is 4.98 Å². The van der Waals surface area contributed by atoms with E-state index >= 15 is 0 Å². The van der Waals surface area contributed by atoms with Crippen molar-refractivity contribution in [1.29, 1.82) is 0 Å². The monoisotopic (exact) mass is 678 g/mol. The van der Waals surface area contributed by atoms with Crippen molar-refractivity contribution in [2.45, 2.75) is 32.5 Å². The predicted molar refractivity (Wildman–Crippen MR) is 154 cm³/mol. The number of nitrogens with zero attached hydrogens (tertiary/aromatic N) is 2. The molecule has 1 radical (unpaired) electrons. The average Bonchev–Trinajstić information content (AvgIpc) is 2.94. The van der Waals surface area contributed by atoms with Crippen molar-refractivity contribution < 1.29 is 21.5 Å². The molecule has 5 rings (SSSR count). The van der Waals surface area contributed by atoms with Crippen LogP contribution in [0.5, 0.6) is 0 Å². The van der Waals surface area contributed by atoms with Crippen LogP contribution in [0.1, 0.15) is 25.3 Å². The van der Waals surface area contributed by atoms with E-state index in [9.17, 15) is 1.37 Å². The molecule has 0 aliphatic heterocycles. The third-order valence-corrected chi connectivity index (χ3v) is 7.97. The molecule has 0 saturated carbocycles. The SMILES string of the molecule is [2H]C(C)(c1ccccc1)c1cc(-c2[c-]cccc2)ncc1[Si](C)(C)C.[Ir].[c-]1ccccc1-c1ccccn1. The van der Waals surface area contributed by atoms with Gasteiger partial charge in [0.05, 0.1) is 8.07 Å². The van der Waals surface area contributed by atoms with Gasteiger partial charge >= 0.3 is 0 Å². The van der Waals surface area contributed by atoms with Crippen LogP contribution in [0.2, 0.25) is 19.6 Å². The van der Waals surface area contributed by atoms with Crippen molar-refractivity contribution >= 4 is 13.3 Å². The zero-order valence-corrected chi connectivity index (χ0v) is 25.1. The molecule has 1 atom stereocenters. The van der Waals surface area contributed by atoms with Gasteiger partial charge in [-0.2, -0.15) is 0 Å².